The molecule has 126 valence electrons. The third kappa shape index (κ3) is 3.23. The van der Waals surface area contributed by atoms with Crippen molar-refractivity contribution in [3.8, 4) is 12.3 Å². The van der Waals surface area contributed by atoms with Crippen LogP contribution in [-0.2, 0) is 14.0 Å². The van der Waals surface area contributed by atoms with Crippen LogP contribution in [0.25, 0.3) is 0 Å². The number of likely N-dealkylation sites (tertiary alicyclic amines) is 1. The first kappa shape index (κ1) is 19.2. The molecule has 0 aromatic carbocycles. The van der Waals surface area contributed by atoms with E-state index < -0.39 is 20.0 Å². The molecule has 0 bridgehead atoms. The standard InChI is InChI=1S/C16H29NO4Si/c1-8-9-16(20-5)13(12-18)17(14(16)19)10-11-21-22(6,7)15(2,3)4/h1,13,18H,9-12H2,2-7H3/t13-,16+/m0/s1. The minimum atomic E-state index is -1.84. The second kappa shape index (κ2) is 6.71. The minimum Gasteiger partial charge on any atom is -0.415 e. The molecule has 1 N–H and O–H groups in total. The van der Waals surface area contributed by atoms with Gasteiger partial charge in [-0.2, -0.15) is 0 Å². The number of aliphatic hydroxyl groups excluding tert-OH is 1. The predicted octanol–water partition coefficient (Wildman–Crippen LogP) is 1.62. The number of carbonyl (C=O) groups is 1. The van der Waals surface area contributed by atoms with Crippen molar-refractivity contribution in [2.75, 3.05) is 26.9 Å². The van der Waals surface area contributed by atoms with Gasteiger partial charge in [-0.05, 0) is 18.1 Å². The molecule has 0 saturated carbocycles. The maximum absolute atomic E-state index is 12.4. The molecule has 1 fully saturated rings. The lowest BCUT2D eigenvalue weighted by Crippen LogP contribution is -2.76. The Bertz CT molecular complexity index is 452. The van der Waals surface area contributed by atoms with Gasteiger partial charge in [0.1, 0.15) is 0 Å². The fourth-order valence-corrected chi connectivity index (χ4v) is 3.51. The number of aliphatic hydroxyl groups is 1. The molecule has 1 aliphatic rings. The molecule has 1 amide bonds. The van der Waals surface area contributed by atoms with Crippen LogP contribution in [0.15, 0.2) is 0 Å². The first-order valence-corrected chi connectivity index (χ1v) is 10.5. The minimum absolute atomic E-state index is 0.127. The third-order valence-electron chi connectivity index (χ3n) is 5.04. The quantitative estimate of drug-likeness (QED) is 0.438. The average molecular weight is 327 g/mol. The molecule has 0 aromatic heterocycles. The maximum atomic E-state index is 12.4. The van der Waals surface area contributed by atoms with Gasteiger partial charge in [-0.1, -0.05) is 20.8 Å². The number of amides is 1. The van der Waals surface area contributed by atoms with E-state index in [1.54, 1.807) is 4.90 Å². The lowest BCUT2D eigenvalue weighted by molar-refractivity contribution is -0.203. The van der Waals surface area contributed by atoms with Crippen molar-refractivity contribution < 1.29 is 19.1 Å². The zero-order chi connectivity index (χ0) is 17.2. The highest BCUT2D eigenvalue weighted by molar-refractivity contribution is 6.74. The molecule has 0 unspecified atom stereocenters. The topological polar surface area (TPSA) is 59.0 Å². The van der Waals surface area contributed by atoms with Crippen LogP contribution in [-0.4, -0.2) is 62.7 Å². The van der Waals surface area contributed by atoms with Gasteiger partial charge in [-0.25, -0.2) is 0 Å². The van der Waals surface area contributed by atoms with Gasteiger partial charge >= 0.3 is 0 Å². The van der Waals surface area contributed by atoms with Crippen molar-refractivity contribution in [2.24, 2.45) is 0 Å². The van der Waals surface area contributed by atoms with Gasteiger partial charge in [-0.15, -0.1) is 12.3 Å². The van der Waals surface area contributed by atoms with Crippen molar-refractivity contribution in [3.05, 3.63) is 0 Å². The van der Waals surface area contributed by atoms with E-state index in [0.717, 1.165) is 0 Å². The molecule has 5 nitrogen and oxygen atoms in total. The SMILES string of the molecule is C#CC[C@]1(OC)C(=O)N(CCO[Si](C)(C)C(C)(C)C)[C@H]1CO. The molecule has 1 rings (SSSR count). The summed E-state index contributed by atoms with van der Waals surface area (Å²) in [4.78, 5) is 14.0. The summed E-state index contributed by atoms with van der Waals surface area (Å²) in [6.07, 6.45) is 5.50. The van der Waals surface area contributed by atoms with Crippen LogP contribution in [0.5, 0.6) is 0 Å². The zero-order valence-corrected chi connectivity index (χ0v) is 15.6. The molecule has 2 atom stereocenters. The second-order valence-corrected chi connectivity index (χ2v) is 12.1. The third-order valence-corrected chi connectivity index (χ3v) is 9.58. The molecule has 0 aliphatic carbocycles. The summed E-state index contributed by atoms with van der Waals surface area (Å²) in [5.41, 5.74) is -1.07. The van der Waals surface area contributed by atoms with E-state index in [0.29, 0.717) is 13.2 Å². The summed E-state index contributed by atoms with van der Waals surface area (Å²) in [7, 11) is -0.378. The van der Waals surface area contributed by atoms with E-state index in [9.17, 15) is 9.90 Å². The van der Waals surface area contributed by atoms with Crippen molar-refractivity contribution in [1.29, 1.82) is 0 Å². The summed E-state index contributed by atoms with van der Waals surface area (Å²) < 4.78 is 11.4. The Morgan fingerprint density at radius 2 is 2.05 bits per heavy atom. The fourth-order valence-electron chi connectivity index (χ4n) is 2.47. The van der Waals surface area contributed by atoms with E-state index in [1.165, 1.54) is 7.11 Å². The lowest BCUT2D eigenvalue weighted by Gasteiger charge is -2.54. The van der Waals surface area contributed by atoms with Gasteiger partial charge in [0.25, 0.3) is 5.91 Å². The Hall–Kier alpha value is -0.873. The Morgan fingerprint density at radius 3 is 2.45 bits per heavy atom. The number of hydrogen-bond acceptors (Lipinski definition) is 4. The highest BCUT2D eigenvalue weighted by atomic mass is 28.4. The molecular weight excluding hydrogens is 298 g/mol. The van der Waals surface area contributed by atoms with Gasteiger partial charge in [-0.3, -0.25) is 4.79 Å². The average Bonchev–Trinajstić information content (AvgIpc) is 2.42. The van der Waals surface area contributed by atoms with E-state index in [2.05, 4.69) is 39.8 Å². The molecule has 0 aromatic rings. The Labute approximate surface area is 135 Å². The smallest absolute Gasteiger partial charge is 0.258 e. The number of nitrogens with zero attached hydrogens (tertiary/aromatic N) is 1. The summed E-state index contributed by atoms with van der Waals surface area (Å²) in [6.45, 7) is 11.6. The van der Waals surface area contributed by atoms with Crippen LogP contribution in [0.1, 0.15) is 27.2 Å². The van der Waals surface area contributed by atoms with Gasteiger partial charge in [0, 0.05) is 20.1 Å². The highest BCUT2D eigenvalue weighted by Crippen LogP contribution is 2.38. The van der Waals surface area contributed by atoms with Crippen LogP contribution in [0.2, 0.25) is 18.1 Å². The Balaban J connectivity index is 2.66. The van der Waals surface area contributed by atoms with Crippen LogP contribution in [0.3, 0.4) is 0 Å². The number of terminal acetylenes is 1. The maximum Gasteiger partial charge on any atom is 0.258 e. The zero-order valence-electron chi connectivity index (χ0n) is 14.6. The summed E-state index contributed by atoms with van der Waals surface area (Å²) in [5.74, 6) is 2.31. The van der Waals surface area contributed by atoms with Crippen molar-refractivity contribution in [1.82, 2.24) is 4.90 Å². The Morgan fingerprint density at radius 1 is 1.45 bits per heavy atom. The number of ether oxygens (including phenoxy) is 1. The van der Waals surface area contributed by atoms with Gasteiger partial charge in [0.05, 0.1) is 19.3 Å². The van der Waals surface area contributed by atoms with E-state index >= 15 is 0 Å². The van der Waals surface area contributed by atoms with E-state index in [1.807, 2.05) is 0 Å². The van der Waals surface area contributed by atoms with Crippen LogP contribution < -0.4 is 0 Å². The number of methoxy groups -OCH3 is 1. The monoisotopic (exact) mass is 327 g/mol. The molecule has 22 heavy (non-hydrogen) atoms. The van der Waals surface area contributed by atoms with Gasteiger partial charge in [0.15, 0.2) is 13.9 Å². The normalized spacial score (nSPS) is 25.8. The molecule has 0 radical (unpaired) electrons. The van der Waals surface area contributed by atoms with Gasteiger partial charge in [0.2, 0.25) is 0 Å². The number of β-lactam (4-membered cyclic amide) rings is 1. The molecule has 6 heteroatoms. The number of rotatable bonds is 7. The van der Waals surface area contributed by atoms with Crippen LogP contribution in [0.4, 0.5) is 0 Å². The first-order valence-electron chi connectivity index (χ1n) is 7.62. The largest absolute Gasteiger partial charge is 0.415 e. The molecule has 0 spiro atoms. The van der Waals surface area contributed by atoms with Gasteiger partial charge < -0.3 is 19.2 Å². The summed E-state index contributed by atoms with van der Waals surface area (Å²) in [6, 6.07) is -0.399. The van der Waals surface area contributed by atoms with Crippen molar-refractivity contribution in [3.63, 3.8) is 0 Å². The fraction of sp³-hybridized carbons (Fsp3) is 0.812. The molecule has 1 heterocycles. The lowest BCUT2D eigenvalue weighted by atomic mass is 9.79. The highest BCUT2D eigenvalue weighted by Gasteiger charge is 2.60. The molecule has 1 saturated heterocycles. The predicted molar refractivity (Wildman–Crippen MR) is 88.9 cm³/mol. The Kier molecular flexibility index (Phi) is 5.85. The first-order chi connectivity index (χ1) is 10.1. The molecule has 1 aliphatic heterocycles. The van der Waals surface area contributed by atoms with Crippen LogP contribution in [0, 0.1) is 12.3 Å². The van der Waals surface area contributed by atoms with E-state index in [4.69, 9.17) is 15.6 Å². The number of carbonyl (C=O) groups excluding carboxylic acids is 1. The van der Waals surface area contributed by atoms with Crippen molar-refractivity contribution >= 4 is 14.2 Å². The second-order valence-electron chi connectivity index (χ2n) is 7.28. The van der Waals surface area contributed by atoms with Crippen molar-refractivity contribution in [2.45, 2.75) is 57.0 Å². The van der Waals surface area contributed by atoms with Crippen LogP contribution >= 0.6 is 0 Å². The molecular formula is C16H29NO4Si. The summed E-state index contributed by atoms with van der Waals surface area (Å²) >= 11 is 0. The van der Waals surface area contributed by atoms with E-state index in [-0.39, 0.29) is 24.0 Å². The number of hydrogen-bond donors (Lipinski definition) is 1. The summed E-state index contributed by atoms with van der Waals surface area (Å²) in [5, 5.41) is 9.71.